The Balaban J connectivity index is 1.68. The Kier molecular flexibility index (Phi) is 4.43. The molecule has 3 rings (SSSR count). The van der Waals surface area contributed by atoms with E-state index in [0.717, 1.165) is 0 Å². The third-order valence-electron chi connectivity index (χ3n) is 3.07. The molecule has 0 aliphatic heterocycles. The maximum atomic E-state index is 13.1. The minimum Gasteiger partial charge on any atom is -0.360 e. The number of nitrogens with one attached hydrogen (secondary N) is 2. The van der Waals surface area contributed by atoms with Crippen LogP contribution in [0.25, 0.3) is 0 Å². The lowest BCUT2D eigenvalue weighted by Crippen LogP contribution is -2.13. The number of benzene rings is 1. The van der Waals surface area contributed by atoms with Crippen LogP contribution in [0.5, 0.6) is 0 Å². The van der Waals surface area contributed by atoms with Gasteiger partial charge in [0.2, 0.25) is 0 Å². The van der Waals surface area contributed by atoms with Crippen molar-refractivity contribution in [3.05, 3.63) is 64.9 Å². The third-order valence-corrected chi connectivity index (χ3v) is 3.36. The highest BCUT2D eigenvalue weighted by Gasteiger charge is 2.10. The fraction of sp³-hybridized carbons (Fsp3) is 0.0625. The number of hydrogen-bond acceptors (Lipinski definition) is 5. The smallest absolute Gasteiger partial charge is 0.274 e. The second-order valence-electron chi connectivity index (χ2n) is 4.96. The van der Waals surface area contributed by atoms with Crippen molar-refractivity contribution in [2.45, 2.75) is 6.92 Å². The number of aromatic nitrogens is 2. The van der Waals surface area contributed by atoms with Crippen molar-refractivity contribution < 1.29 is 13.7 Å². The normalized spacial score (nSPS) is 10.5. The van der Waals surface area contributed by atoms with Crippen molar-refractivity contribution >= 4 is 34.7 Å². The summed E-state index contributed by atoms with van der Waals surface area (Å²) < 4.78 is 18.1. The van der Waals surface area contributed by atoms with Gasteiger partial charge in [-0.3, -0.25) is 4.79 Å². The van der Waals surface area contributed by atoms with Crippen molar-refractivity contribution in [2.75, 3.05) is 10.6 Å². The number of carbonyl (C=O) groups is 1. The van der Waals surface area contributed by atoms with Crippen molar-refractivity contribution in [3.8, 4) is 0 Å². The van der Waals surface area contributed by atoms with E-state index in [-0.39, 0.29) is 10.7 Å². The largest absolute Gasteiger partial charge is 0.360 e. The molecule has 24 heavy (non-hydrogen) atoms. The first kappa shape index (κ1) is 15.9. The van der Waals surface area contributed by atoms with E-state index in [4.69, 9.17) is 16.1 Å². The zero-order valence-corrected chi connectivity index (χ0v) is 13.3. The van der Waals surface area contributed by atoms with E-state index >= 15 is 0 Å². The second-order valence-corrected chi connectivity index (χ2v) is 5.37. The van der Waals surface area contributed by atoms with Crippen LogP contribution >= 0.6 is 11.6 Å². The van der Waals surface area contributed by atoms with Crippen LogP contribution in [-0.4, -0.2) is 16.0 Å². The molecule has 0 unspecified atom stereocenters. The molecule has 0 spiro atoms. The molecule has 122 valence electrons. The molecule has 0 aliphatic rings. The van der Waals surface area contributed by atoms with E-state index in [1.165, 1.54) is 24.4 Å². The number of nitrogens with zero attached hydrogens (tertiary/aromatic N) is 2. The molecule has 0 atom stereocenters. The highest BCUT2D eigenvalue weighted by Crippen LogP contribution is 2.20. The van der Waals surface area contributed by atoms with Gasteiger partial charge in [-0.25, -0.2) is 9.37 Å². The molecule has 0 bridgehead atoms. The van der Waals surface area contributed by atoms with Crippen molar-refractivity contribution in [3.63, 3.8) is 0 Å². The number of carbonyl (C=O) groups excluding carboxylic acids is 1. The first-order chi connectivity index (χ1) is 11.5. The summed E-state index contributed by atoms with van der Waals surface area (Å²) in [7, 11) is 0. The molecule has 0 radical (unpaired) electrons. The zero-order chi connectivity index (χ0) is 17.1. The van der Waals surface area contributed by atoms with Gasteiger partial charge in [-0.1, -0.05) is 16.8 Å². The molecule has 6 nitrogen and oxygen atoms in total. The van der Waals surface area contributed by atoms with Gasteiger partial charge >= 0.3 is 0 Å². The van der Waals surface area contributed by atoms with Gasteiger partial charge in [0.05, 0.1) is 16.9 Å². The summed E-state index contributed by atoms with van der Waals surface area (Å²) in [6.07, 6.45) is 1.50. The van der Waals surface area contributed by atoms with Crippen LogP contribution in [0.3, 0.4) is 0 Å². The number of halogens is 2. The van der Waals surface area contributed by atoms with Gasteiger partial charge in [0.25, 0.3) is 5.91 Å². The van der Waals surface area contributed by atoms with Crippen LogP contribution in [0.1, 0.15) is 16.2 Å². The summed E-state index contributed by atoms with van der Waals surface area (Å²) in [5, 5.41) is 9.33. The van der Waals surface area contributed by atoms with Gasteiger partial charge in [-0.15, -0.1) is 0 Å². The van der Waals surface area contributed by atoms with Crippen LogP contribution in [-0.2, 0) is 0 Å². The fourth-order valence-corrected chi connectivity index (χ4v) is 2.12. The zero-order valence-electron chi connectivity index (χ0n) is 12.5. The quantitative estimate of drug-likeness (QED) is 0.741. The number of amides is 1. The summed E-state index contributed by atoms with van der Waals surface area (Å²) >= 11 is 5.68. The van der Waals surface area contributed by atoms with Crippen LogP contribution in [0.2, 0.25) is 5.02 Å². The molecule has 2 aromatic heterocycles. The topological polar surface area (TPSA) is 80.0 Å². The molecule has 2 N–H and O–H groups in total. The summed E-state index contributed by atoms with van der Waals surface area (Å²) in [5.74, 6) is 0.250. The average molecular weight is 347 g/mol. The number of anilines is 3. The molecule has 0 saturated heterocycles. The van der Waals surface area contributed by atoms with Crippen molar-refractivity contribution in [2.24, 2.45) is 0 Å². The molecule has 8 heteroatoms. The van der Waals surface area contributed by atoms with Crippen LogP contribution in [0.4, 0.5) is 21.6 Å². The van der Waals surface area contributed by atoms with E-state index in [1.807, 2.05) is 0 Å². The summed E-state index contributed by atoms with van der Waals surface area (Å²) in [6, 6.07) is 8.90. The molecular weight excluding hydrogens is 335 g/mol. The first-order valence-electron chi connectivity index (χ1n) is 6.94. The van der Waals surface area contributed by atoms with Crippen LogP contribution in [0, 0.1) is 12.7 Å². The van der Waals surface area contributed by atoms with Crippen LogP contribution in [0.15, 0.2) is 47.1 Å². The standard InChI is InChI=1S/C16H12ClFN4O2/c1-9-6-15(22-24-9)20-11-3-5-14(19-8-11)16(23)21-10-2-4-13(18)12(17)7-10/h2-8H,1H3,(H,20,22)(H,21,23). The highest BCUT2D eigenvalue weighted by molar-refractivity contribution is 6.31. The van der Waals surface area contributed by atoms with E-state index < -0.39 is 11.7 Å². The fourth-order valence-electron chi connectivity index (χ4n) is 1.94. The van der Waals surface area contributed by atoms with Gasteiger partial charge in [-0.2, -0.15) is 0 Å². The lowest BCUT2D eigenvalue weighted by atomic mass is 10.2. The van der Waals surface area contributed by atoms with Gasteiger partial charge in [0, 0.05) is 11.8 Å². The monoisotopic (exact) mass is 346 g/mol. The Morgan fingerprint density at radius 1 is 1.21 bits per heavy atom. The number of rotatable bonds is 4. The minimum atomic E-state index is -0.550. The van der Waals surface area contributed by atoms with Gasteiger partial charge in [0.1, 0.15) is 17.3 Å². The summed E-state index contributed by atoms with van der Waals surface area (Å²) in [4.78, 5) is 16.2. The molecule has 0 saturated carbocycles. The van der Waals surface area contributed by atoms with Crippen LogP contribution < -0.4 is 10.6 Å². The minimum absolute atomic E-state index is 0.0665. The van der Waals surface area contributed by atoms with Crippen molar-refractivity contribution in [1.82, 2.24) is 10.1 Å². The molecule has 0 aliphatic carbocycles. The Bertz CT molecular complexity index is 880. The third kappa shape index (κ3) is 3.69. The Morgan fingerprint density at radius 3 is 2.62 bits per heavy atom. The second kappa shape index (κ2) is 6.67. The number of pyridine rings is 1. The van der Waals surface area contributed by atoms with E-state index in [9.17, 15) is 9.18 Å². The molecule has 1 amide bonds. The van der Waals surface area contributed by atoms with E-state index in [2.05, 4.69) is 20.8 Å². The Hall–Kier alpha value is -2.93. The Morgan fingerprint density at radius 2 is 2.00 bits per heavy atom. The first-order valence-corrected chi connectivity index (χ1v) is 7.32. The predicted molar refractivity (Wildman–Crippen MR) is 88.1 cm³/mol. The van der Waals surface area contributed by atoms with Gasteiger partial charge in [-0.05, 0) is 37.3 Å². The molecule has 2 heterocycles. The van der Waals surface area contributed by atoms with Crippen molar-refractivity contribution in [1.29, 1.82) is 0 Å². The summed E-state index contributed by atoms with van der Waals surface area (Å²) in [6.45, 7) is 1.78. The van der Waals surface area contributed by atoms with Gasteiger partial charge < -0.3 is 15.2 Å². The summed E-state index contributed by atoms with van der Waals surface area (Å²) in [5.41, 5.74) is 1.25. The molecule has 1 aromatic carbocycles. The lowest BCUT2D eigenvalue weighted by molar-refractivity contribution is 0.102. The van der Waals surface area contributed by atoms with E-state index in [0.29, 0.717) is 23.0 Å². The number of aryl methyl sites for hydroxylation is 1. The SMILES string of the molecule is Cc1cc(Nc2ccc(C(=O)Nc3ccc(F)c(Cl)c3)nc2)no1. The molecular formula is C16H12ClFN4O2. The maximum absolute atomic E-state index is 13.1. The Labute approximate surface area is 141 Å². The highest BCUT2D eigenvalue weighted by atomic mass is 35.5. The number of hydrogen-bond donors (Lipinski definition) is 2. The van der Waals surface area contributed by atoms with E-state index in [1.54, 1.807) is 25.1 Å². The molecule has 0 fully saturated rings. The predicted octanol–water partition coefficient (Wildman–Crippen LogP) is 4.17. The molecule has 3 aromatic rings. The van der Waals surface area contributed by atoms with Gasteiger partial charge in [0.15, 0.2) is 5.82 Å². The lowest BCUT2D eigenvalue weighted by Gasteiger charge is -2.06. The maximum Gasteiger partial charge on any atom is 0.274 e. The average Bonchev–Trinajstić information content (AvgIpc) is 2.96.